The molecule has 94 valence electrons. The van der Waals surface area contributed by atoms with E-state index in [1.54, 1.807) is 6.20 Å². The van der Waals surface area contributed by atoms with Gasteiger partial charge in [0.05, 0.1) is 12.8 Å². The zero-order valence-corrected chi connectivity index (χ0v) is 11.5. The van der Waals surface area contributed by atoms with Crippen LogP contribution >= 0.6 is 15.9 Å². The lowest BCUT2D eigenvalue weighted by Gasteiger charge is -2.31. The first kappa shape index (κ1) is 12.8. The summed E-state index contributed by atoms with van der Waals surface area (Å²) in [5, 5.41) is 0. The van der Waals surface area contributed by atoms with E-state index in [0.717, 1.165) is 36.6 Å². The second kappa shape index (κ2) is 6.33. The van der Waals surface area contributed by atoms with Crippen molar-refractivity contribution in [3.63, 3.8) is 0 Å². The molecule has 1 aliphatic rings. The molecule has 0 N–H and O–H groups in total. The van der Waals surface area contributed by atoms with Crippen LogP contribution < -0.4 is 4.74 Å². The van der Waals surface area contributed by atoms with Crippen molar-refractivity contribution in [1.29, 1.82) is 0 Å². The molecule has 1 aliphatic heterocycles. The topological polar surface area (TPSA) is 34.6 Å². The summed E-state index contributed by atoms with van der Waals surface area (Å²) in [6.45, 7) is 6.58. The Kier molecular flexibility index (Phi) is 4.76. The standard InChI is InChI=1S/C12H17BrN2O2/c1-2-15-5-6-16-11(8-15)9-17-10-3-4-12(13)14-7-10/h3-4,7,11H,2,5-6,8-9H2,1H3. The quantitative estimate of drug-likeness (QED) is 0.796. The molecule has 2 heterocycles. The Bertz CT molecular complexity index is 345. The van der Waals surface area contributed by atoms with Gasteiger partial charge in [0.1, 0.15) is 23.1 Å². The molecule has 0 amide bonds. The van der Waals surface area contributed by atoms with Gasteiger partial charge in [0.2, 0.25) is 0 Å². The first-order valence-corrected chi connectivity index (χ1v) is 6.65. The van der Waals surface area contributed by atoms with E-state index in [1.165, 1.54) is 0 Å². The Balaban J connectivity index is 1.79. The smallest absolute Gasteiger partial charge is 0.137 e. The molecular weight excluding hydrogens is 284 g/mol. The van der Waals surface area contributed by atoms with E-state index in [1.807, 2.05) is 12.1 Å². The van der Waals surface area contributed by atoms with Gasteiger partial charge in [-0.3, -0.25) is 4.90 Å². The lowest BCUT2D eigenvalue weighted by molar-refractivity contribution is -0.0464. The first-order valence-electron chi connectivity index (χ1n) is 5.86. The molecule has 1 atom stereocenters. The molecule has 17 heavy (non-hydrogen) atoms. The molecule has 1 fully saturated rings. The van der Waals surface area contributed by atoms with Gasteiger partial charge >= 0.3 is 0 Å². The zero-order chi connectivity index (χ0) is 12.1. The Morgan fingerprint density at radius 2 is 2.47 bits per heavy atom. The molecule has 1 aromatic heterocycles. The van der Waals surface area contributed by atoms with Crippen molar-refractivity contribution >= 4 is 15.9 Å². The zero-order valence-electron chi connectivity index (χ0n) is 9.93. The van der Waals surface area contributed by atoms with Crippen LogP contribution in [-0.4, -0.2) is 48.8 Å². The number of morpholine rings is 1. The number of hydrogen-bond donors (Lipinski definition) is 0. The van der Waals surface area contributed by atoms with Crippen LogP contribution in [0, 0.1) is 0 Å². The normalized spacial score (nSPS) is 21.4. The molecular formula is C12H17BrN2O2. The van der Waals surface area contributed by atoms with Crippen LogP contribution in [0.2, 0.25) is 0 Å². The summed E-state index contributed by atoms with van der Waals surface area (Å²) >= 11 is 3.29. The third-order valence-electron chi connectivity index (χ3n) is 2.81. The summed E-state index contributed by atoms with van der Waals surface area (Å²) < 4.78 is 12.1. The number of likely N-dealkylation sites (N-methyl/N-ethyl adjacent to an activating group) is 1. The predicted molar refractivity (Wildman–Crippen MR) is 69.3 cm³/mol. The number of ether oxygens (including phenoxy) is 2. The van der Waals surface area contributed by atoms with Crippen LogP contribution in [0.4, 0.5) is 0 Å². The van der Waals surface area contributed by atoms with Crippen molar-refractivity contribution in [2.75, 3.05) is 32.8 Å². The summed E-state index contributed by atoms with van der Waals surface area (Å²) in [4.78, 5) is 6.49. The molecule has 0 bridgehead atoms. The molecule has 0 radical (unpaired) electrons. The molecule has 0 spiro atoms. The van der Waals surface area contributed by atoms with E-state index in [9.17, 15) is 0 Å². The SMILES string of the molecule is CCN1CCOC(COc2ccc(Br)nc2)C1. The van der Waals surface area contributed by atoms with Gasteiger partial charge in [-0.25, -0.2) is 4.98 Å². The summed E-state index contributed by atoms with van der Waals surface area (Å²) in [6, 6.07) is 3.77. The fourth-order valence-corrected chi connectivity index (χ4v) is 2.04. The molecule has 0 saturated carbocycles. The maximum atomic E-state index is 5.66. The van der Waals surface area contributed by atoms with Gasteiger partial charge in [-0.1, -0.05) is 6.92 Å². The molecule has 5 heteroatoms. The first-order chi connectivity index (χ1) is 8.28. The highest BCUT2D eigenvalue weighted by atomic mass is 79.9. The number of pyridine rings is 1. The monoisotopic (exact) mass is 300 g/mol. The van der Waals surface area contributed by atoms with E-state index < -0.39 is 0 Å². The maximum absolute atomic E-state index is 5.66. The highest BCUT2D eigenvalue weighted by Gasteiger charge is 2.19. The number of rotatable bonds is 4. The lowest BCUT2D eigenvalue weighted by atomic mass is 10.3. The minimum Gasteiger partial charge on any atom is -0.489 e. The maximum Gasteiger partial charge on any atom is 0.137 e. The number of hydrogen-bond acceptors (Lipinski definition) is 4. The van der Waals surface area contributed by atoms with Gasteiger partial charge in [0.25, 0.3) is 0 Å². The Morgan fingerprint density at radius 3 is 3.18 bits per heavy atom. The van der Waals surface area contributed by atoms with Crippen molar-refractivity contribution in [2.45, 2.75) is 13.0 Å². The Hall–Kier alpha value is -0.650. The fraction of sp³-hybridized carbons (Fsp3) is 0.583. The van der Waals surface area contributed by atoms with Crippen LogP contribution in [0.5, 0.6) is 5.75 Å². The number of halogens is 1. The van der Waals surface area contributed by atoms with E-state index in [4.69, 9.17) is 9.47 Å². The van der Waals surface area contributed by atoms with E-state index in [2.05, 4.69) is 32.7 Å². The van der Waals surface area contributed by atoms with E-state index in [-0.39, 0.29) is 6.10 Å². The molecule has 4 nitrogen and oxygen atoms in total. The summed E-state index contributed by atoms with van der Waals surface area (Å²) in [7, 11) is 0. The van der Waals surface area contributed by atoms with Gasteiger partial charge in [0.15, 0.2) is 0 Å². The van der Waals surface area contributed by atoms with Crippen molar-refractivity contribution in [1.82, 2.24) is 9.88 Å². The van der Waals surface area contributed by atoms with Crippen molar-refractivity contribution in [3.05, 3.63) is 22.9 Å². The van der Waals surface area contributed by atoms with Crippen LogP contribution in [-0.2, 0) is 4.74 Å². The lowest BCUT2D eigenvalue weighted by Crippen LogP contribution is -2.44. The highest BCUT2D eigenvalue weighted by molar-refractivity contribution is 9.10. The molecule has 0 aliphatic carbocycles. The summed E-state index contributed by atoms with van der Waals surface area (Å²) in [6.07, 6.45) is 1.87. The molecule has 0 aromatic carbocycles. The molecule has 1 aromatic rings. The predicted octanol–water partition coefficient (Wildman–Crippen LogP) is 1.94. The largest absolute Gasteiger partial charge is 0.489 e. The average molecular weight is 301 g/mol. The third-order valence-corrected chi connectivity index (χ3v) is 3.28. The van der Waals surface area contributed by atoms with Gasteiger partial charge < -0.3 is 9.47 Å². The highest BCUT2D eigenvalue weighted by Crippen LogP contribution is 2.14. The van der Waals surface area contributed by atoms with Crippen molar-refractivity contribution in [3.8, 4) is 5.75 Å². The van der Waals surface area contributed by atoms with E-state index in [0.29, 0.717) is 6.61 Å². The summed E-state index contributed by atoms with van der Waals surface area (Å²) in [5.74, 6) is 0.783. The molecule has 2 rings (SSSR count). The van der Waals surface area contributed by atoms with Gasteiger partial charge in [-0.15, -0.1) is 0 Å². The number of aromatic nitrogens is 1. The third kappa shape index (κ3) is 3.94. The second-order valence-electron chi connectivity index (χ2n) is 4.01. The van der Waals surface area contributed by atoms with Gasteiger partial charge in [-0.05, 0) is 34.6 Å². The minimum atomic E-state index is 0.160. The summed E-state index contributed by atoms with van der Waals surface area (Å²) in [5.41, 5.74) is 0. The average Bonchev–Trinajstić information content (AvgIpc) is 2.38. The number of nitrogens with zero attached hydrogens (tertiary/aromatic N) is 2. The van der Waals surface area contributed by atoms with Gasteiger partial charge in [-0.2, -0.15) is 0 Å². The van der Waals surface area contributed by atoms with Gasteiger partial charge in [0, 0.05) is 13.1 Å². The van der Waals surface area contributed by atoms with Crippen LogP contribution in [0.1, 0.15) is 6.92 Å². The van der Waals surface area contributed by atoms with Crippen LogP contribution in [0.15, 0.2) is 22.9 Å². The van der Waals surface area contributed by atoms with Crippen molar-refractivity contribution < 1.29 is 9.47 Å². The Morgan fingerprint density at radius 1 is 1.59 bits per heavy atom. The van der Waals surface area contributed by atoms with Crippen LogP contribution in [0.3, 0.4) is 0 Å². The Labute approximate surface area is 110 Å². The minimum absolute atomic E-state index is 0.160. The molecule has 1 unspecified atom stereocenters. The molecule has 1 saturated heterocycles. The second-order valence-corrected chi connectivity index (χ2v) is 4.83. The van der Waals surface area contributed by atoms with Crippen molar-refractivity contribution in [2.24, 2.45) is 0 Å². The van der Waals surface area contributed by atoms with E-state index >= 15 is 0 Å². The van der Waals surface area contributed by atoms with Crippen LogP contribution in [0.25, 0.3) is 0 Å². The fourth-order valence-electron chi connectivity index (χ4n) is 1.81.